The van der Waals surface area contributed by atoms with Crippen LogP contribution in [0.2, 0.25) is 0 Å². The number of aromatic hydroxyl groups is 1. The minimum Gasteiger partial charge on any atom is -0.508 e. The van der Waals surface area contributed by atoms with Crippen molar-refractivity contribution in [1.82, 2.24) is 16.0 Å². The highest BCUT2D eigenvalue weighted by molar-refractivity contribution is 5.93. The van der Waals surface area contributed by atoms with E-state index in [1.54, 1.807) is 0 Å². The summed E-state index contributed by atoms with van der Waals surface area (Å²) in [5, 5.41) is 43.1. The van der Waals surface area contributed by atoms with Crippen molar-refractivity contribution in [1.29, 1.82) is 0 Å². The third kappa shape index (κ3) is 8.97. The molecule has 1 aromatic carbocycles. The van der Waals surface area contributed by atoms with Gasteiger partial charge in [-0.15, -0.1) is 0 Å². The van der Waals surface area contributed by atoms with Crippen LogP contribution in [0.25, 0.3) is 0 Å². The molecule has 1 aromatic rings. The Morgan fingerprint density at radius 1 is 1.00 bits per heavy atom. The van der Waals surface area contributed by atoms with Gasteiger partial charge in [0, 0.05) is 6.42 Å². The van der Waals surface area contributed by atoms with E-state index in [1.165, 1.54) is 31.2 Å². The average Bonchev–Trinajstić information content (AvgIpc) is 2.70. The second kappa shape index (κ2) is 12.2. The van der Waals surface area contributed by atoms with Crippen LogP contribution in [0.15, 0.2) is 24.3 Å². The lowest BCUT2D eigenvalue weighted by Gasteiger charge is -2.21. The molecule has 0 saturated carbocycles. The number of nitrogens with two attached hydrogens (primary N) is 1. The van der Waals surface area contributed by atoms with Gasteiger partial charge in [-0.1, -0.05) is 12.1 Å². The molecule has 0 spiro atoms. The van der Waals surface area contributed by atoms with Gasteiger partial charge < -0.3 is 42.1 Å². The van der Waals surface area contributed by atoms with Crippen molar-refractivity contribution in [3.8, 4) is 5.75 Å². The number of aliphatic carboxylic acids is 2. The number of hydrogen-bond donors (Lipinski definition) is 8. The molecule has 13 heteroatoms. The smallest absolute Gasteiger partial charge is 0.328 e. The minimum absolute atomic E-state index is 0.0231. The first kappa shape index (κ1) is 26.3. The average molecular weight is 454 g/mol. The van der Waals surface area contributed by atoms with Crippen LogP contribution >= 0.6 is 0 Å². The molecule has 0 fully saturated rings. The lowest BCUT2D eigenvalue weighted by molar-refractivity contribution is -0.144. The molecule has 13 nitrogen and oxygen atoms in total. The quantitative estimate of drug-likeness (QED) is 0.163. The number of carbonyl (C=O) groups is 5. The fourth-order valence-corrected chi connectivity index (χ4v) is 2.54. The number of amides is 3. The predicted molar refractivity (Wildman–Crippen MR) is 108 cm³/mol. The molecule has 0 saturated heterocycles. The number of nitrogens with one attached hydrogen (secondary N) is 3. The Labute approximate surface area is 182 Å². The molecule has 0 aromatic heterocycles. The lowest BCUT2D eigenvalue weighted by atomic mass is 10.0. The Morgan fingerprint density at radius 3 is 2.09 bits per heavy atom. The standard InChI is InChI=1S/C19H26N4O9/c1-9(24)16(19(31)32)23-14(26)8-21-18(30)13(6-10-2-4-11(25)5-3-10)22-17(29)12(20)7-15(27)28/h2-5,9,12-13,16,24-25H,6-8,20H2,1H3,(H,21,30)(H,22,29)(H,23,26)(H,27,28)(H,31,32). The molecular weight excluding hydrogens is 428 g/mol. The SMILES string of the molecule is CC(O)C(NC(=O)CNC(=O)C(Cc1ccc(O)cc1)NC(=O)C(N)CC(=O)O)C(=O)O. The molecule has 4 atom stereocenters. The molecule has 0 heterocycles. The highest BCUT2D eigenvalue weighted by atomic mass is 16.4. The Hall–Kier alpha value is -3.71. The Balaban J connectivity index is 2.85. The third-order valence-corrected chi connectivity index (χ3v) is 4.23. The maximum atomic E-state index is 12.6. The molecule has 1 rings (SSSR count). The van der Waals surface area contributed by atoms with Crippen LogP contribution in [0.3, 0.4) is 0 Å². The van der Waals surface area contributed by atoms with Crippen LogP contribution in [0.5, 0.6) is 5.75 Å². The molecule has 32 heavy (non-hydrogen) atoms. The van der Waals surface area contributed by atoms with E-state index < -0.39 is 66.9 Å². The summed E-state index contributed by atoms with van der Waals surface area (Å²) in [6, 6.07) is 1.44. The van der Waals surface area contributed by atoms with Crippen molar-refractivity contribution in [3.05, 3.63) is 29.8 Å². The summed E-state index contributed by atoms with van der Waals surface area (Å²) >= 11 is 0. The van der Waals surface area contributed by atoms with E-state index in [9.17, 15) is 34.2 Å². The number of benzene rings is 1. The van der Waals surface area contributed by atoms with Crippen molar-refractivity contribution < 1.29 is 44.4 Å². The van der Waals surface area contributed by atoms with E-state index >= 15 is 0 Å². The summed E-state index contributed by atoms with van der Waals surface area (Å²) in [6.45, 7) is 0.514. The second-order valence-electron chi connectivity index (χ2n) is 6.98. The second-order valence-corrected chi connectivity index (χ2v) is 6.98. The first-order valence-corrected chi connectivity index (χ1v) is 9.44. The molecule has 176 valence electrons. The van der Waals surface area contributed by atoms with Crippen LogP contribution in [0, 0.1) is 0 Å². The zero-order chi connectivity index (χ0) is 24.4. The first-order valence-electron chi connectivity index (χ1n) is 9.44. The number of carbonyl (C=O) groups excluding carboxylic acids is 3. The van der Waals surface area contributed by atoms with Crippen molar-refractivity contribution in [2.75, 3.05) is 6.54 Å². The topological polar surface area (TPSA) is 228 Å². The van der Waals surface area contributed by atoms with Crippen LogP contribution in [0.1, 0.15) is 18.9 Å². The largest absolute Gasteiger partial charge is 0.508 e. The lowest BCUT2D eigenvalue weighted by Crippen LogP contribution is -2.55. The summed E-state index contributed by atoms with van der Waals surface area (Å²) in [7, 11) is 0. The number of aliphatic hydroxyl groups excluding tert-OH is 1. The molecule has 0 aliphatic rings. The molecule has 0 bridgehead atoms. The summed E-state index contributed by atoms with van der Waals surface area (Å²) in [5.74, 6) is -5.43. The Morgan fingerprint density at radius 2 is 1.59 bits per heavy atom. The van der Waals surface area contributed by atoms with Gasteiger partial charge >= 0.3 is 11.9 Å². The van der Waals surface area contributed by atoms with Gasteiger partial charge in [0.25, 0.3) is 0 Å². The number of carboxylic acid groups (broad SMARTS) is 2. The van der Waals surface area contributed by atoms with Crippen molar-refractivity contribution in [2.24, 2.45) is 5.73 Å². The zero-order valence-corrected chi connectivity index (χ0v) is 17.1. The van der Waals surface area contributed by atoms with Gasteiger partial charge in [0.15, 0.2) is 6.04 Å². The number of carboxylic acids is 2. The Kier molecular flexibility index (Phi) is 10.1. The van der Waals surface area contributed by atoms with Crippen LogP contribution in [-0.2, 0) is 30.4 Å². The highest BCUT2D eigenvalue weighted by Crippen LogP contribution is 2.11. The summed E-state index contributed by atoms with van der Waals surface area (Å²) in [4.78, 5) is 58.5. The van der Waals surface area contributed by atoms with E-state index in [0.717, 1.165) is 0 Å². The first-order chi connectivity index (χ1) is 14.9. The molecule has 4 unspecified atom stereocenters. The van der Waals surface area contributed by atoms with Crippen molar-refractivity contribution in [3.63, 3.8) is 0 Å². The van der Waals surface area contributed by atoms with Crippen LogP contribution < -0.4 is 21.7 Å². The van der Waals surface area contributed by atoms with Crippen LogP contribution in [0.4, 0.5) is 0 Å². The summed E-state index contributed by atoms with van der Waals surface area (Å²) in [6.07, 6.45) is -2.13. The summed E-state index contributed by atoms with van der Waals surface area (Å²) in [5.41, 5.74) is 6.04. The van der Waals surface area contributed by atoms with E-state index in [0.29, 0.717) is 5.56 Å². The van der Waals surface area contributed by atoms with Gasteiger partial charge in [-0.05, 0) is 24.6 Å². The fourth-order valence-electron chi connectivity index (χ4n) is 2.54. The van der Waals surface area contributed by atoms with Gasteiger partial charge in [0.2, 0.25) is 17.7 Å². The maximum absolute atomic E-state index is 12.6. The number of phenolic OH excluding ortho intramolecular Hbond substituents is 1. The van der Waals surface area contributed by atoms with E-state index in [2.05, 4.69) is 10.6 Å². The van der Waals surface area contributed by atoms with Gasteiger partial charge in [0.1, 0.15) is 11.8 Å². The van der Waals surface area contributed by atoms with Gasteiger partial charge in [-0.3, -0.25) is 19.2 Å². The molecule has 3 amide bonds. The van der Waals surface area contributed by atoms with Crippen molar-refractivity contribution in [2.45, 2.75) is 44.0 Å². The number of rotatable bonds is 12. The van der Waals surface area contributed by atoms with Crippen LogP contribution in [-0.4, -0.2) is 80.9 Å². The number of phenols is 1. The number of aliphatic hydroxyl groups is 1. The van der Waals surface area contributed by atoms with Gasteiger partial charge in [-0.2, -0.15) is 0 Å². The Bertz CT molecular complexity index is 842. The molecule has 0 radical (unpaired) electrons. The number of hydrogen-bond acceptors (Lipinski definition) is 8. The molecule has 0 aliphatic heterocycles. The normalized spacial score (nSPS) is 14.3. The summed E-state index contributed by atoms with van der Waals surface area (Å²) < 4.78 is 0. The van der Waals surface area contributed by atoms with Crippen molar-refractivity contribution >= 4 is 29.7 Å². The van der Waals surface area contributed by atoms with E-state index in [-0.39, 0.29) is 12.2 Å². The predicted octanol–water partition coefficient (Wildman–Crippen LogP) is -2.71. The minimum atomic E-state index is -1.58. The monoisotopic (exact) mass is 454 g/mol. The van der Waals surface area contributed by atoms with E-state index in [1.807, 2.05) is 5.32 Å². The molecular formula is C19H26N4O9. The maximum Gasteiger partial charge on any atom is 0.328 e. The third-order valence-electron chi connectivity index (χ3n) is 4.23. The molecule has 0 aliphatic carbocycles. The van der Waals surface area contributed by atoms with Gasteiger partial charge in [0.05, 0.1) is 25.1 Å². The van der Waals surface area contributed by atoms with Gasteiger partial charge in [-0.25, -0.2) is 4.79 Å². The zero-order valence-electron chi connectivity index (χ0n) is 17.1. The fraction of sp³-hybridized carbons (Fsp3) is 0.421. The molecule has 9 N–H and O–H groups in total. The van der Waals surface area contributed by atoms with E-state index in [4.69, 9.17) is 15.9 Å². The highest BCUT2D eigenvalue weighted by Gasteiger charge is 2.27.